The van der Waals surface area contributed by atoms with Crippen molar-refractivity contribution in [3.05, 3.63) is 29.0 Å². The van der Waals surface area contributed by atoms with Gasteiger partial charge in [-0.05, 0) is 44.5 Å². The summed E-state index contributed by atoms with van der Waals surface area (Å²) in [6, 6.07) is 1.99. The number of furan rings is 1. The van der Waals surface area contributed by atoms with E-state index in [1.807, 2.05) is 6.07 Å². The first-order valence-corrected chi connectivity index (χ1v) is 16.5. The number of rotatable bonds is 12. The average Bonchev–Trinajstić information content (AvgIpc) is 3.61. The van der Waals surface area contributed by atoms with Crippen molar-refractivity contribution in [2.24, 2.45) is 8.80 Å². The number of likely N-dealkylation sites (N-methyl/N-ethyl adjacent to an activating group) is 1. The Morgan fingerprint density at radius 3 is 2.59 bits per heavy atom. The van der Waals surface area contributed by atoms with Gasteiger partial charge in [-0.15, -0.1) is 20.1 Å². The first-order valence-electron chi connectivity index (χ1n) is 13.1. The van der Waals surface area contributed by atoms with Crippen LogP contribution in [0.25, 0.3) is 0 Å². The molecule has 0 amide bonds. The van der Waals surface area contributed by atoms with Gasteiger partial charge in [0.2, 0.25) is 0 Å². The van der Waals surface area contributed by atoms with Crippen molar-refractivity contribution in [1.82, 2.24) is 19.4 Å². The summed E-state index contributed by atoms with van der Waals surface area (Å²) in [6.45, 7) is 10.0. The molecule has 1 saturated heterocycles. The normalized spacial score (nSPS) is 18.9. The average molecular weight is 600 g/mol. The van der Waals surface area contributed by atoms with Crippen molar-refractivity contribution in [3.8, 4) is 5.75 Å². The first-order chi connectivity index (χ1) is 18.7. The van der Waals surface area contributed by atoms with Crippen LogP contribution in [0.1, 0.15) is 38.0 Å². The molecule has 2 aromatic heterocycles. The molecular weight excluding hydrogens is 563 g/mol. The minimum absolute atomic E-state index is 0.143. The van der Waals surface area contributed by atoms with Crippen LogP contribution >= 0.6 is 11.3 Å². The molecule has 0 aromatic carbocycles. The fourth-order valence-electron chi connectivity index (χ4n) is 4.43. The Bertz CT molecular complexity index is 1310. The van der Waals surface area contributed by atoms with Crippen molar-refractivity contribution < 1.29 is 22.2 Å². The monoisotopic (exact) mass is 599 g/mol. The molecule has 1 fully saturated rings. The van der Waals surface area contributed by atoms with E-state index in [0.717, 1.165) is 68.9 Å². The SMILES string of the molecule is CCN(CC)S(=O)(=O)c1scc(NC2=NS(=O)N=C2NCc2cc(CCCCN3CCN(C)CC3)co2)c1O. The van der Waals surface area contributed by atoms with E-state index < -0.39 is 26.9 Å². The van der Waals surface area contributed by atoms with Crippen LogP contribution in [-0.4, -0.2) is 96.4 Å². The van der Waals surface area contributed by atoms with Gasteiger partial charge in [-0.1, -0.05) is 13.8 Å². The summed E-state index contributed by atoms with van der Waals surface area (Å²) in [4.78, 5) is 4.88. The maximum absolute atomic E-state index is 12.8. The maximum atomic E-state index is 12.8. The number of sulfonamides is 1. The molecule has 3 N–H and O–H groups in total. The molecule has 2 aliphatic heterocycles. The number of hydrogen-bond donors (Lipinski definition) is 3. The van der Waals surface area contributed by atoms with E-state index in [2.05, 4.69) is 36.3 Å². The maximum Gasteiger partial charge on any atom is 0.269 e. The highest BCUT2D eigenvalue weighted by Gasteiger charge is 2.30. The van der Waals surface area contributed by atoms with Crippen LogP contribution in [-0.2, 0) is 34.2 Å². The van der Waals surface area contributed by atoms with E-state index in [4.69, 9.17) is 4.42 Å². The summed E-state index contributed by atoms with van der Waals surface area (Å²) in [6.07, 6.45) is 4.92. The Labute approximate surface area is 236 Å². The number of aromatic hydroxyl groups is 1. The molecule has 0 spiro atoms. The lowest BCUT2D eigenvalue weighted by atomic mass is 10.1. The van der Waals surface area contributed by atoms with Crippen LogP contribution in [0.15, 0.2) is 35.1 Å². The van der Waals surface area contributed by atoms with Gasteiger partial charge in [-0.2, -0.15) is 4.31 Å². The quantitative estimate of drug-likeness (QED) is 0.313. The van der Waals surface area contributed by atoms with Gasteiger partial charge in [0, 0.05) is 44.6 Å². The number of nitrogens with one attached hydrogen (secondary N) is 2. The highest BCUT2D eigenvalue weighted by Crippen LogP contribution is 2.39. The number of thiophene rings is 1. The topological polar surface area (TPSA) is 143 Å². The summed E-state index contributed by atoms with van der Waals surface area (Å²) in [5.41, 5.74) is 1.27. The predicted octanol–water partition coefficient (Wildman–Crippen LogP) is 2.24. The minimum atomic E-state index is -3.83. The summed E-state index contributed by atoms with van der Waals surface area (Å²) >= 11 is -0.934. The molecule has 216 valence electrons. The lowest BCUT2D eigenvalue weighted by Gasteiger charge is -2.32. The number of amidine groups is 2. The fourth-order valence-corrected chi connectivity index (χ4v) is 7.90. The Hall–Kier alpha value is -2.30. The van der Waals surface area contributed by atoms with Crippen LogP contribution in [0.5, 0.6) is 5.75 Å². The molecule has 1 atom stereocenters. The van der Waals surface area contributed by atoms with Gasteiger partial charge in [-0.3, -0.25) is 0 Å². The fraction of sp³-hybridized carbons (Fsp3) is 0.583. The molecule has 12 nitrogen and oxygen atoms in total. The summed E-state index contributed by atoms with van der Waals surface area (Å²) in [5, 5.41) is 18.1. The minimum Gasteiger partial charge on any atom is -0.504 e. The Balaban J connectivity index is 1.28. The highest BCUT2D eigenvalue weighted by molar-refractivity contribution is 7.91. The van der Waals surface area contributed by atoms with Gasteiger partial charge in [0.25, 0.3) is 21.2 Å². The van der Waals surface area contributed by atoms with Crippen LogP contribution in [0, 0.1) is 0 Å². The predicted molar refractivity (Wildman–Crippen MR) is 155 cm³/mol. The van der Waals surface area contributed by atoms with Gasteiger partial charge in [0.15, 0.2) is 21.6 Å². The largest absolute Gasteiger partial charge is 0.504 e. The van der Waals surface area contributed by atoms with E-state index in [1.165, 1.54) is 9.69 Å². The number of nitrogens with zero attached hydrogens (tertiary/aromatic N) is 5. The van der Waals surface area contributed by atoms with E-state index in [1.54, 1.807) is 20.1 Å². The van der Waals surface area contributed by atoms with Crippen LogP contribution in [0.2, 0.25) is 0 Å². The Morgan fingerprint density at radius 1 is 1.15 bits per heavy atom. The zero-order valence-electron chi connectivity index (χ0n) is 22.6. The zero-order chi connectivity index (χ0) is 28.0. The first kappa shape index (κ1) is 29.7. The molecule has 39 heavy (non-hydrogen) atoms. The molecule has 4 rings (SSSR count). The third-order valence-corrected chi connectivity index (χ3v) is 11.0. The van der Waals surface area contributed by atoms with Crippen molar-refractivity contribution in [2.45, 2.75) is 43.9 Å². The third-order valence-electron chi connectivity index (χ3n) is 6.75. The number of aryl methyl sites for hydroxylation is 1. The molecule has 0 aliphatic carbocycles. The van der Waals surface area contributed by atoms with Crippen LogP contribution < -0.4 is 10.6 Å². The van der Waals surface area contributed by atoms with Crippen LogP contribution in [0.3, 0.4) is 0 Å². The summed E-state index contributed by atoms with van der Waals surface area (Å²) in [5.74, 6) is 0.672. The molecule has 0 saturated carbocycles. The number of anilines is 1. The zero-order valence-corrected chi connectivity index (χ0v) is 25.0. The smallest absolute Gasteiger partial charge is 0.269 e. The Kier molecular flexibility index (Phi) is 10.2. The van der Waals surface area contributed by atoms with E-state index in [9.17, 15) is 17.7 Å². The highest BCUT2D eigenvalue weighted by atomic mass is 32.2. The van der Waals surface area contributed by atoms with Crippen molar-refractivity contribution in [2.75, 3.05) is 58.2 Å². The van der Waals surface area contributed by atoms with Gasteiger partial charge < -0.3 is 30.0 Å². The number of hydrogen-bond acceptors (Lipinski definition) is 10. The van der Waals surface area contributed by atoms with Crippen molar-refractivity contribution >= 4 is 49.9 Å². The third kappa shape index (κ3) is 7.46. The van der Waals surface area contributed by atoms with Crippen LogP contribution in [0.4, 0.5) is 5.69 Å². The molecule has 2 aliphatic rings. The second-order valence-electron chi connectivity index (χ2n) is 9.49. The molecule has 0 bridgehead atoms. The molecule has 4 heterocycles. The lowest BCUT2D eigenvalue weighted by molar-refractivity contribution is 0.152. The molecule has 2 aromatic rings. The van der Waals surface area contributed by atoms with E-state index in [-0.39, 0.29) is 34.7 Å². The van der Waals surface area contributed by atoms with Crippen molar-refractivity contribution in [1.29, 1.82) is 0 Å². The molecular formula is C24H37N7O5S3. The standard InChI is InChI=1S/C24H37N7O5S3/c1-4-31(5-2)39(34,35)24-21(32)20(17-37-24)26-23-22(27-38(33)28-23)25-15-19-14-18(16-36-19)8-6-7-9-30-12-10-29(3)11-13-30/h14,16-17,32H,4-13,15H2,1-3H3,(H,25,27)(H,26,28). The van der Waals surface area contributed by atoms with E-state index >= 15 is 0 Å². The summed E-state index contributed by atoms with van der Waals surface area (Å²) in [7, 11) is -1.66. The van der Waals surface area contributed by atoms with Gasteiger partial charge >= 0.3 is 0 Å². The van der Waals surface area contributed by atoms with Gasteiger partial charge in [0.1, 0.15) is 5.76 Å². The van der Waals surface area contributed by atoms with Gasteiger partial charge in [-0.25, -0.2) is 12.6 Å². The number of unbranched alkanes of at least 4 members (excludes halogenated alkanes) is 1. The second-order valence-corrected chi connectivity index (χ2v) is 13.3. The molecule has 1 unspecified atom stereocenters. The lowest BCUT2D eigenvalue weighted by Crippen LogP contribution is -2.44. The molecule has 15 heteroatoms. The van der Waals surface area contributed by atoms with E-state index in [0.29, 0.717) is 12.3 Å². The molecule has 0 radical (unpaired) electrons. The van der Waals surface area contributed by atoms with Gasteiger partial charge in [0.05, 0.1) is 18.5 Å². The van der Waals surface area contributed by atoms with Crippen molar-refractivity contribution in [3.63, 3.8) is 0 Å². The summed E-state index contributed by atoms with van der Waals surface area (Å²) < 4.78 is 52.4. The Morgan fingerprint density at radius 2 is 1.87 bits per heavy atom. The number of piperazine rings is 1. The second kappa shape index (κ2) is 13.4.